The maximum Gasteiger partial charge on any atom is 0.472 e. The molecule has 0 aliphatic carbocycles. The topological polar surface area (TPSA) is 131 Å². The Morgan fingerprint density at radius 1 is 0.540 bits per heavy atom. The molecule has 0 aromatic carbocycles. The number of carbonyl (C=O) groups is 1. The number of rotatable bonds is 45. The first-order chi connectivity index (χ1) is 30.9. The van der Waals surface area contributed by atoms with Gasteiger partial charge in [-0.3, -0.25) is 13.8 Å². The lowest BCUT2D eigenvalue weighted by Crippen LogP contribution is -2.45. The number of hydrogen-bond acceptors (Lipinski definition) is 6. The van der Waals surface area contributed by atoms with E-state index in [-0.39, 0.29) is 32.1 Å². The Morgan fingerprint density at radius 2 is 0.937 bits per heavy atom. The van der Waals surface area contributed by atoms with Crippen molar-refractivity contribution in [3.63, 3.8) is 0 Å². The molecule has 9 heteroatoms. The largest absolute Gasteiger partial charge is 0.472 e. The third-order valence-corrected chi connectivity index (χ3v) is 11.3. The summed E-state index contributed by atoms with van der Waals surface area (Å²) in [4.78, 5) is 22.8. The first kappa shape index (κ1) is 60.2. The van der Waals surface area contributed by atoms with Gasteiger partial charge in [0, 0.05) is 13.0 Å². The zero-order valence-corrected chi connectivity index (χ0v) is 40.9. The van der Waals surface area contributed by atoms with Crippen molar-refractivity contribution in [2.75, 3.05) is 19.8 Å². The number of phosphoric acid groups is 1. The first-order valence-corrected chi connectivity index (χ1v) is 26.5. The van der Waals surface area contributed by atoms with E-state index in [1.54, 1.807) is 6.08 Å². The van der Waals surface area contributed by atoms with Crippen molar-refractivity contribution in [1.82, 2.24) is 5.32 Å². The van der Waals surface area contributed by atoms with Gasteiger partial charge < -0.3 is 21.1 Å². The lowest BCUT2D eigenvalue weighted by atomic mass is 10.0. The van der Waals surface area contributed by atoms with Crippen molar-refractivity contribution in [3.05, 3.63) is 109 Å². The summed E-state index contributed by atoms with van der Waals surface area (Å²) < 4.78 is 22.2. The van der Waals surface area contributed by atoms with Gasteiger partial charge in [-0.05, 0) is 83.5 Å². The van der Waals surface area contributed by atoms with Crippen molar-refractivity contribution >= 4 is 13.7 Å². The molecular formula is C54H93N2O6P. The van der Waals surface area contributed by atoms with Crippen LogP contribution < -0.4 is 11.1 Å². The van der Waals surface area contributed by atoms with Crippen LogP contribution >= 0.6 is 7.82 Å². The van der Waals surface area contributed by atoms with Crippen LogP contribution in [0.5, 0.6) is 0 Å². The minimum absolute atomic E-state index is 0.0587. The van der Waals surface area contributed by atoms with Crippen molar-refractivity contribution in [1.29, 1.82) is 0 Å². The Labute approximate surface area is 386 Å². The minimum Gasteiger partial charge on any atom is -0.387 e. The highest BCUT2D eigenvalue weighted by atomic mass is 31.2. The molecule has 0 rings (SSSR count). The van der Waals surface area contributed by atoms with Crippen LogP contribution in [0.1, 0.15) is 194 Å². The van der Waals surface area contributed by atoms with E-state index in [1.807, 2.05) is 6.08 Å². The summed E-state index contributed by atoms with van der Waals surface area (Å²) in [5, 5.41) is 13.7. The highest BCUT2D eigenvalue weighted by molar-refractivity contribution is 7.47. The molecule has 63 heavy (non-hydrogen) atoms. The van der Waals surface area contributed by atoms with Crippen molar-refractivity contribution in [2.24, 2.45) is 5.73 Å². The van der Waals surface area contributed by atoms with E-state index in [1.165, 1.54) is 96.3 Å². The highest BCUT2D eigenvalue weighted by Crippen LogP contribution is 2.43. The van der Waals surface area contributed by atoms with Gasteiger partial charge in [-0.15, -0.1) is 0 Å². The second-order valence-corrected chi connectivity index (χ2v) is 17.7. The van der Waals surface area contributed by atoms with Crippen LogP contribution in [-0.4, -0.2) is 47.8 Å². The molecule has 3 atom stereocenters. The highest BCUT2D eigenvalue weighted by Gasteiger charge is 2.26. The maximum atomic E-state index is 12.8. The van der Waals surface area contributed by atoms with Crippen LogP contribution in [0.2, 0.25) is 0 Å². The summed E-state index contributed by atoms with van der Waals surface area (Å²) in [5.74, 6) is -0.265. The Balaban J connectivity index is 4.31. The fourth-order valence-corrected chi connectivity index (χ4v) is 7.37. The third kappa shape index (κ3) is 47.0. The Bertz CT molecular complexity index is 1350. The summed E-state index contributed by atoms with van der Waals surface area (Å²) in [6.07, 6.45) is 68.8. The number of phosphoric ester groups is 1. The van der Waals surface area contributed by atoms with Crippen LogP contribution in [0, 0.1) is 0 Å². The van der Waals surface area contributed by atoms with E-state index in [4.69, 9.17) is 14.8 Å². The molecule has 0 radical (unpaired) electrons. The van der Waals surface area contributed by atoms with E-state index >= 15 is 0 Å². The van der Waals surface area contributed by atoms with Gasteiger partial charge in [0.05, 0.1) is 25.4 Å². The van der Waals surface area contributed by atoms with E-state index in [0.29, 0.717) is 6.42 Å². The van der Waals surface area contributed by atoms with Gasteiger partial charge in [-0.2, -0.15) is 0 Å². The second-order valence-electron chi connectivity index (χ2n) is 16.3. The molecule has 1 amide bonds. The molecule has 0 aromatic heterocycles. The predicted octanol–water partition coefficient (Wildman–Crippen LogP) is 14.9. The fourth-order valence-electron chi connectivity index (χ4n) is 6.61. The molecule has 0 saturated carbocycles. The number of carbonyl (C=O) groups excluding carboxylic acids is 1. The predicted molar refractivity (Wildman–Crippen MR) is 272 cm³/mol. The number of nitrogens with one attached hydrogen (secondary N) is 1. The second kappa shape index (κ2) is 48.6. The van der Waals surface area contributed by atoms with Gasteiger partial charge in [-0.1, -0.05) is 213 Å². The molecule has 0 heterocycles. The van der Waals surface area contributed by atoms with Crippen LogP contribution in [0.25, 0.3) is 0 Å². The van der Waals surface area contributed by atoms with Gasteiger partial charge in [0.1, 0.15) is 0 Å². The lowest BCUT2D eigenvalue weighted by Gasteiger charge is -2.23. The SMILES string of the molecule is CC/C=C\C/C=C\C/C=C\C/C=C\C/C=C\C/C=C\C/C=C\CCCC(=O)NC(COP(=O)(O)OCCN)C(O)/C=C/CC/C=C/CCCCCCCCCCCCCCCCC. The standard InChI is InChI=1S/C54H93N2O6P/c1-3-5-7-9-11-13-15-17-19-21-23-25-26-28-30-32-34-36-38-40-42-44-46-48-54(58)56-52(51-62-63(59,60)61-50-49-55)53(57)47-45-43-41-39-37-35-33-31-29-27-24-22-20-18-16-14-12-10-8-6-4-2/h5,7,11,13,17,19,23,25,28,30,34,36-37,39-40,42,45,47,52-53,57H,3-4,6,8-10,12,14-16,18,20-22,24,26-27,29,31-33,35,38,41,43-44,46,48-51,55H2,1-2H3,(H,56,58)(H,59,60)/b7-5-,13-11-,19-17-,25-23-,30-28-,36-34-,39-37+,42-40-,47-45+. The molecule has 5 N–H and O–H groups in total. The normalized spacial score (nSPS) is 14.8. The summed E-state index contributed by atoms with van der Waals surface area (Å²) in [6, 6.07) is -0.917. The molecule has 3 unspecified atom stereocenters. The van der Waals surface area contributed by atoms with Gasteiger partial charge >= 0.3 is 7.82 Å². The van der Waals surface area contributed by atoms with Gasteiger partial charge in [0.2, 0.25) is 5.91 Å². The Hall–Kier alpha value is -2.84. The zero-order valence-electron chi connectivity index (χ0n) is 40.0. The smallest absolute Gasteiger partial charge is 0.387 e. The first-order valence-electron chi connectivity index (χ1n) is 25.0. The van der Waals surface area contributed by atoms with Gasteiger partial charge in [-0.25, -0.2) is 4.57 Å². The Kier molecular flexibility index (Phi) is 46.4. The molecule has 0 saturated heterocycles. The lowest BCUT2D eigenvalue weighted by molar-refractivity contribution is -0.122. The zero-order chi connectivity index (χ0) is 46.0. The van der Waals surface area contributed by atoms with Crippen molar-refractivity contribution in [3.8, 4) is 0 Å². The number of hydrogen-bond donors (Lipinski definition) is 4. The van der Waals surface area contributed by atoms with Crippen LogP contribution in [0.3, 0.4) is 0 Å². The van der Waals surface area contributed by atoms with Gasteiger partial charge in [0.25, 0.3) is 0 Å². The maximum absolute atomic E-state index is 12.8. The molecule has 0 fully saturated rings. The van der Waals surface area contributed by atoms with E-state index in [0.717, 1.165) is 70.6 Å². The van der Waals surface area contributed by atoms with E-state index < -0.39 is 20.0 Å². The van der Waals surface area contributed by atoms with Crippen molar-refractivity contribution < 1.29 is 28.4 Å². The number of aliphatic hydroxyl groups excluding tert-OH is 1. The average molecular weight is 897 g/mol. The van der Waals surface area contributed by atoms with E-state index in [9.17, 15) is 19.4 Å². The average Bonchev–Trinajstić information content (AvgIpc) is 3.27. The number of allylic oxidation sites excluding steroid dienone is 17. The number of aliphatic hydroxyl groups is 1. The minimum atomic E-state index is -4.38. The van der Waals surface area contributed by atoms with Crippen LogP contribution in [0.15, 0.2) is 109 Å². The quantitative estimate of drug-likeness (QED) is 0.0272. The molecule has 0 aromatic rings. The van der Waals surface area contributed by atoms with E-state index in [2.05, 4.69) is 116 Å². The molecule has 360 valence electrons. The molecule has 0 aliphatic heterocycles. The summed E-state index contributed by atoms with van der Waals surface area (Å²) in [5.41, 5.74) is 5.38. The molecule has 0 bridgehead atoms. The number of unbranched alkanes of at least 4 members (excludes halogenated alkanes) is 17. The fraction of sp³-hybridized carbons (Fsp3) is 0.648. The summed E-state index contributed by atoms with van der Waals surface area (Å²) in [7, 11) is -4.38. The van der Waals surface area contributed by atoms with Crippen LogP contribution in [0.4, 0.5) is 0 Å². The summed E-state index contributed by atoms with van der Waals surface area (Å²) >= 11 is 0. The monoisotopic (exact) mass is 897 g/mol. The summed E-state index contributed by atoms with van der Waals surface area (Å²) in [6.45, 7) is 3.95. The van der Waals surface area contributed by atoms with Crippen LogP contribution in [-0.2, 0) is 18.4 Å². The number of amides is 1. The van der Waals surface area contributed by atoms with Gasteiger partial charge in [0.15, 0.2) is 0 Å². The number of nitrogens with two attached hydrogens (primary N) is 1. The Morgan fingerprint density at radius 3 is 1.41 bits per heavy atom. The third-order valence-electron chi connectivity index (χ3n) is 10.3. The molecular weight excluding hydrogens is 804 g/mol. The molecule has 8 nitrogen and oxygen atoms in total. The van der Waals surface area contributed by atoms with Crippen molar-refractivity contribution in [2.45, 2.75) is 206 Å². The molecule has 0 aliphatic rings. The molecule has 0 spiro atoms.